The Morgan fingerprint density at radius 3 is 2.46 bits per heavy atom. The van der Waals surface area contributed by atoms with Crippen LogP contribution in [0.5, 0.6) is 0 Å². The maximum absolute atomic E-state index is 12.4. The molecule has 0 saturated carbocycles. The molecule has 2 atom stereocenters. The van der Waals surface area contributed by atoms with Crippen LogP contribution in [0, 0.1) is 10.1 Å². The van der Waals surface area contributed by atoms with E-state index in [0.717, 1.165) is 11.8 Å². The first kappa shape index (κ1) is 17.9. The lowest BCUT2D eigenvalue weighted by Gasteiger charge is -2.21. The van der Waals surface area contributed by atoms with Gasteiger partial charge in [0, 0.05) is 30.9 Å². The van der Waals surface area contributed by atoms with Crippen molar-refractivity contribution in [1.82, 2.24) is 4.90 Å². The molecule has 9 heteroatoms. The second kappa shape index (κ2) is 7.43. The molecule has 1 aliphatic heterocycles. The van der Waals surface area contributed by atoms with E-state index >= 15 is 0 Å². The highest BCUT2D eigenvalue weighted by atomic mass is 32.2. The summed E-state index contributed by atoms with van der Waals surface area (Å²) in [6.07, 6.45) is 0.185. The Hall–Kier alpha value is -2.42. The number of nitro groups is 1. The molecule has 1 N–H and O–H groups in total. The summed E-state index contributed by atoms with van der Waals surface area (Å²) in [6, 6.07) is 4.60. The van der Waals surface area contributed by atoms with Gasteiger partial charge in [0.25, 0.3) is 5.69 Å². The van der Waals surface area contributed by atoms with Crippen LogP contribution in [0.15, 0.2) is 24.3 Å². The van der Waals surface area contributed by atoms with Crippen molar-refractivity contribution in [3.05, 3.63) is 39.9 Å². The fraction of sp³-hybridized carbons (Fsp3) is 0.400. The van der Waals surface area contributed by atoms with Gasteiger partial charge in [0.15, 0.2) is 5.12 Å². The lowest BCUT2D eigenvalue weighted by atomic mass is 10.1. The largest absolute Gasteiger partial charge is 0.480 e. The first-order valence-corrected chi connectivity index (χ1v) is 8.08. The second-order valence-corrected chi connectivity index (χ2v) is 6.94. The van der Waals surface area contributed by atoms with Gasteiger partial charge in [-0.3, -0.25) is 19.7 Å². The van der Waals surface area contributed by atoms with Crippen LogP contribution >= 0.6 is 11.8 Å². The van der Waals surface area contributed by atoms with Crippen molar-refractivity contribution in [2.75, 3.05) is 6.54 Å². The molecular formula is C15H16N2O6S. The Labute approximate surface area is 142 Å². The van der Waals surface area contributed by atoms with E-state index in [2.05, 4.69) is 0 Å². The molecule has 1 aliphatic rings. The van der Waals surface area contributed by atoms with Crippen molar-refractivity contribution in [3.8, 4) is 0 Å². The molecule has 0 aliphatic carbocycles. The number of carboxylic acids is 1. The van der Waals surface area contributed by atoms with E-state index in [9.17, 15) is 29.6 Å². The number of non-ortho nitro benzene ring substituents is 1. The average Bonchev–Trinajstić information content (AvgIpc) is 2.91. The van der Waals surface area contributed by atoms with Crippen LogP contribution in [0.3, 0.4) is 0 Å². The molecule has 1 heterocycles. The number of nitrogens with zero attached hydrogens (tertiary/aromatic N) is 2. The van der Waals surface area contributed by atoms with E-state index in [0.29, 0.717) is 5.56 Å². The topological polar surface area (TPSA) is 118 Å². The van der Waals surface area contributed by atoms with Crippen LogP contribution in [-0.2, 0) is 20.8 Å². The van der Waals surface area contributed by atoms with Crippen LogP contribution in [0.4, 0.5) is 5.69 Å². The fourth-order valence-corrected chi connectivity index (χ4v) is 3.62. The molecule has 1 amide bonds. The van der Waals surface area contributed by atoms with E-state index in [1.807, 2.05) is 0 Å². The van der Waals surface area contributed by atoms with Gasteiger partial charge in [0.05, 0.1) is 11.3 Å². The van der Waals surface area contributed by atoms with Gasteiger partial charge in [0.2, 0.25) is 5.91 Å². The number of rotatable bonds is 5. The molecule has 2 rings (SSSR count). The molecule has 0 radical (unpaired) electrons. The number of amides is 1. The summed E-state index contributed by atoms with van der Waals surface area (Å²) in [4.78, 5) is 46.3. The number of carboxylic acid groups (broad SMARTS) is 1. The van der Waals surface area contributed by atoms with Crippen molar-refractivity contribution in [2.45, 2.75) is 31.1 Å². The monoisotopic (exact) mass is 352 g/mol. The second-order valence-electron chi connectivity index (χ2n) is 5.47. The van der Waals surface area contributed by atoms with Crippen molar-refractivity contribution >= 4 is 34.4 Å². The number of carbonyl (C=O) groups is 3. The van der Waals surface area contributed by atoms with Gasteiger partial charge >= 0.3 is 5.97 Å². The van der Waals surface area contributed by atoms with Crippen LogP contribution in [0.1, 0.15) is 18.9 Å². The molecule has 1 fully saturated rings. The Kier molecular flexibility index (Phi) is 5.55. The molecule has 128 valence electrons. The number of thioether (sulfide) groups is 1. The van der Waals surface area contributed by atoms with Crippen LogP contribution in [0.2, 0.25) is 0 Å². The van der Waals surface area contributed by atoms with Gasteiger partial charge in [-0.25, -0.2) is 4.79 Å². The number of carbonyl (C=O) groups excluding carboxylic acids is 2. The molecular weight excluding hydrogens is 336 g/mol. The average molecular weight is 352 g/mol. The Balaban J connectivity index is 2.07. The van der Waals surface area contributed by atoms with Crippen LogP contribution in [0.25, 0.3) is 0 Å². The third kappa shape index (κ3) is 4.31. The highest BCUT2D eigenvalue weighted by molar-refractivity contribution is 8.14. The first-order chi connectivity index (χ1) is 11.3. The number of likely N-dealkylation sites (tertiary alicyclic amines) is 1. The maximum atomic E-state index is 12.4. The summed E-state index contributed by atoms with van der Waals surface area (Å²) in [5.74, 6) is -1.47. The maximum Gasteiger partial charge on any atom is 0.326 e. The van der Waals surface area contributed by atoms with Gasteiger partial charge in [-0.05, 0) is 12.0 Å². The fourth-order valence-electron chi connectivity index (χ4n) is 2.64. The third-order valence-electron chi connectivity index (χ3n) is 3.70. The zero-order valence-corrected chi connectivity index (χ0v) is 13.7. The molecule has 0 spiro atoms. The third-order valence-corrected chi connectivity index (χ3v) is 4.71. The van der Waals surface area contributed by atoms with E-state index in [1.54, 1.807) is 0 Å². The number of hydrogen-bond donors (Lipinski definition) is 1. The van der Waals surface area contributed by atoms with Crippen molar-refractivity contribution < 1.29 is 24.4 Å². The lowest BCUT2D eigenvalue weighted by molar-refractivity contribution is -0.384. The Morgan fingerprint density at radius 1 is 1.33 bits per heavy atom. The minimum Gasteiger partial charge on any atom is -0.480 e. The summed E-state index contributed by atoms with van der Waals surface area (Å²) in [5, 5.41) is 19.6. The molecule has 0 aromatic heterocycles. The van der Waals surface area contributed by atoms with Gasteiger partial charge in [-0.2, -0.15) is 0 Å². The highest BCUT2D eigenvalue weighted by Gasteiger charge is 2.40. The van der Waals surface area contributed by atoms with Crippen molar-refractivity contribution in [1.29, 1.82) is 0 Å². The minimum absolute atomic E-state index is 0.0424. The van der Waals surface area contributed by atoms with Gasteiger partial charge in [-0.15, -0.1) is 0 Å². The van der Waals surface area contributed by atoms with E-state index in [-0.39, 0.29) is 41.3 Å². The normalized spacial score (nSPS) is 20.0. The molecule has 1 saturated heterocycles. The first-order valence-electron chi connectivity index (χ1n) is 7.20. The van der Waals surface area contributed by atoms with Crippen molar-refractivity contribution in [2.24, 2.45) is 0 Å². The van der Waals surface area contributed by atoms with E-state index < -0.39 is 16.9 Å². The van der Waals surface area contributed by atoms with E-state index in [1.165, 1.54) is 36.1 Å². The van der Waals surface area contributed by atoms with Gasteiger partial charge in [-0.1, -0.05) is 23.9 Å². The summed E-state index contributed by atoms with van der Waals surface area (Å²) in [7, 11) is 0. The number of nitro benzene ring substituents is 1. The quantitative estimate of drug-likeness (QED) is 0.629. The van der Waals surface area contributed by atoms with Crippen molar-refractivity contribution in [3.63, 3.8) is 0 Å². The molecule has 24 heavy (non-hydrogen) atoms. The smallest absolute Gasteiger partial charge is 0.326 e. The SMILES string of the molecule is CC(=O)S[C@H]1C[C@@H](C(=O)O)N(C(=O)Cc2ccc([N+](=O)[O-])cc2)C1. The number of hydrogen-bond acceptors (Lipinski definition) is 6. The number of benzene rings is 1. The Morgan fingerprint density at radius 2 is 1.96 bits per heavy atom. The van der Waals surface area contributed by atoms with Gasteiger partial charge in [0.1, 0.15) is 6.04 Å². The standard InChI is InChI=1S/C15H16N2O6S/c1-9(18)24-12-7-13(15(20)21)16(8-12)14(19)6-10-2-4-11(5-3-10)17(22)23/h2-5,12-13H,6-8H2,1H3,(H,20,21)/t12-,13-/m0/s1. The number of aliphatic carboxylic acids is 1. The van der Waals surface area contributed by atoms with Crippen LogP contribution in [-0.4, -0.2) is 49.8 Å². The summed E-state index contributed by atoms with van der Waals surface area (Å²) in [6.45, 7) is 1.61. The molecule has 8 nitrogen and oxygen atoms in total. The minimum atomic E-state index is -1.10. The predicted molar refractivity (Wildman–Crippen MR) is 86.6 cm³/mol. The Bertz CT molecular complexity index is 675. The lowest BCUT2D eigenvalue weighted by Crippen LogP contribution is -2.41. The van der Waals surface area contributed by atoms with Gasteiger partial charge < -0.3 is 10.0 Å². The zero-order chi connectivity index (χ0) is 17.9. The molecule has 1 aromatic carbocycles. The highest BCUT2D eigenvalue weighted by Crippen LogP contribution is 2.29. The zero-order valence-electron chi connectivity index (χ0n) is 12.9. The molecule has 0 bridgehead atoms. The summed E-state index contributed by atoms with van der Waals surface area (Å²) >= 11 is 1.04. The van der Waals surface area contributed by atoms with Crippen LogP contribution < -0.4 is 0 Å². The predicted octanol–water partition coefficient (Wildman–Crippen LogP) is 1.47. The van der Waals surface area contributed by atoms with E-state index in [4.69, 9.17) is 0 Å². The molecule has 0 unspecified atom stereocenters. The molecule has 1 aromatic rings. The summed E-state index contributed by atoms with van der Waals surface area (Å²) < 4.78 is 0. The summed E-state index contributed by atoms with van der Waals surface area (Å²) in [5.41, 5.74) is 0.492.